The Morgan fingerprint density at radius 3 is 2.53 bits per heavy atom. The van der Waals surface area contributed by atoms with Gasteiger partial charge in [-0.15, -0.1) is 11.8 Å². The standard InChI is InChI=1S/C25H34N6O4S/c1-15(2)11-19(22(26)32)29-23(33)21-13-17(14-31(21)24(34)20-9-6-10-30(20)3)28-25(35)27-16-7-5-8-18(12-16)36-4/h5-10,12,15,17,19,21H,11,13-14H2,1-4H3,(H2,26,32)(H,29,33)(H2,27,28,35)/t17-,19-,21-/m0/s1. The van der Waals surface area contributed by atoms with Crippen molar-refractivity contribution in [3.05, 3.63) is 48.3 Å². The zero-order valence-electron chi connectivity index (χ0n) is 21.0. The molecule has 0 radical (unpaired) electrons. The number of carbonyl (C=O) groups is 4. The Morgan fingerprint density at radius 2 is 1.92 bits per heavy atom. The molecule has 0 saturated carbocycles. The third-order valence-corrected chi connectivity index (χ3v) is 6.78. The van der Waals surface area contributed by atoms with Crippen molar-refractivity contribution in [2.24, 2.45) is 18.7 Å². The number of carbonyl (C=O) groups excluding carboxylic acids is 4. The number of aromatic nitrogens is 1. The van der Waals surface area contributed by atoms with Crippen LogP contribution in [0.3, 0.4) is 0 Å². The predicted molar refractivity (Wildman–Crippen MR) is 140 cm³/mol. The van der Waals surface area contributed by atoms with Gasteiger partial charge in [0.15, 0.2) is 0 Å². The Kier molecular flexibility index (Phi) is 9.03. The molecule has 0 unspecified atom stereocenters. The Balaban J connectivity index is 1.75. The Labute approximate surface area is 215 Å². The van der Waals surface area contributed by atoms with Crippen LogP contribution in [0.1, 0.15) is 37.2 Å². The van der Waals surface area contributed by atoms with Gasteiger partial charge in [0.25, 0.3) is 5.91 Å². The van der Waals surface area contributed by atoms with Crippen LogP contribution in [0.4, 0.5) is 10.5 Å². The van der Waals surface area contributed by atoms with Crippen molar-refractivity contribution in [3.63, 3.8) is 0 Å². The van der Waals surface area contributed by atoms with Gasteiger partial charge in [0.2, 0.25) is 11.8 Å². The topological polar surface area (TPSA) is 139 Å². The number of benzene rings is 1. The highest BCUT2D eigenvalue weighted by molar-refractivity contribution is 7.98. The maximum absolute atomic E-state index is 13.3. The van der Waals surface area contributed by atoms with Crippen LogP contribution in [0.5, 0.6) is 0 Å². The number of hydrogen-bond acceptors (Lipinski definition) is 5. The third kappa shape index (κ3) is 6.81. The van der Waals surface area contributed by atoms with Gasteiger partial charge in [-0.3, -0.25) is 14.4 Å². The molecular weight excluding hydrogens is 480 g/mol. The highest BCUT2D eigenvalue weighted by Gasteiger charge is 2.42. The summed E-state index contributed by atoms with van der Waals surface area (Å²) in [5, 5.41) is 8.39. The summed E-state index contributed by atoms with van der Waals surface area (Å²) in [5.41, 5.74) is 6.56. The number of amides is 5. The summed E-state index contributed by atoms with van der Waals surface area (Å²) in [6.45, 7) is 4.00. The molecule has 1 aromatic heterocycles. The number of likely N-dealkylation sites (tertiary alicyclic amines) is 1. The van der Waals surface area contributed by atoms with E-state index in [1.165, 1.54) is 4.90 Å². The number of nitrogens with one attached hydrogen (secondary N) is 3. The molecule has 2 heterocycles. The van der Waals surface area contributed by atoms with E-state index in [1.54, 1.807) is 47.8 Å². The van der Waals surface area contributed by atoms with Crippen LogP contribution >= 0.6 is 11.8 Å². The fourth-order valence-electron chi connectivity index (χ4n) is 4.28. The molecule has 5 amide bonds. The molecule has 36 heavy (non-hydrogen) atoms. The van der Waals surface area contributed by atoms with Crippen molar-refractivity contribution in [2.75, 3.05) is 18.1 Å². The first kappa shape index (κ1) is 27.1. The lowest BCUT2D eigenvalue weighted by Crippen LogP contribution is -2.52. The number of rotatable bonds is 9. The monoisotopic (exact) mass is 514 g/mol. The first-order valence-corrected chi connectivity index (χ1v) is 13.0. The molecular formula is C25H34N6O4S. The van der Waals surface area contributed by atoms with E-state index in [9.17, 15) is 19.2 Å². The predicted octanol–water partition coefficient (Wildman–Crippen LogP) is 2.17. The zero-order chi connectivity index (χ0) is 26.4. The van der Waals surface area contributed by atoms with E-state index in [0.717, 1.165) is 4.90 Å². The van der Waals surface area contributed by atoms with Gasteiger partial charge < -0.3 is 31.2 Å². The first-order valence-electron chi connectivity index (χ1n) is 11.8. The van der Waals surface area contributed by atoms with Gasteiger partial charge in [-0.05, 0) is 55.3 Å². The minimum Gasteiger partial charge on any atom is -0.368 e. The summed E-state index contributed by atoms with van der Waals surface area (Å²) < 4.78 is 1.68. The molecule has 0 spiro atoms. The van der Waals surface area contributed by atoms with E-state index >= 15 is 0 Å². The summed E-state index contributed by atoms with van der Waals surface area (Å²) in [5.74, 6) is -1.30. The zero-order valence-corrected chi connectivity index (χ0v) is 21.8. The van der Waals surface area contributed by atoms with Crippen molar-refractivity contribution in [2.45, 2.75) is 49.7 Å². The molecule has 2 aromatic rings. The summed E-state index contributed by atoms with van der Waals surface area (Å²) in [6.07, 6.45) is 4.29. The number of aryl methyl sites for hydroxylation is 1. The second-order valence-corrected chi connectivity index (χ2v) is 10.2. The number of urea groups is 1. The lowest BCUT2D eigenvalue weighted by Gasteiger charge is -2.26. The van der Waals surface area contributed by atoms with Crippen LogP contribution in [0.25, 0.3) is 0 Å². The Morgan fingerprint density at radius 1 is 1.17 bits per heavy atom. The van der Waals surface area contributed by atoms with E-state index in [-0.39, 0.29) is 24.8 Å². The third-order valence-electron chi connectivity index (χ3n) is 6.06. The Bertz CT molecular complexity index is 1120. The summed E-state index contributed by atoms with van der Waals surface area (Å²) in [4.78, 5) is 53.7. The van der Waals surface area contributed by atoms with Crippen LogP contribution in [-0.2, 0) is 16.6 Å². The van der Waals surface area contributed by atoms with Crippen LogP contribution < -0.4 is 21.7 Å². The molecule has 3 atom stereocenters. The lowest BCUT2D eigenvalue weighted by atomic mass is 10.0. The van der Waals surface area contributed by atoms with Gasteiger partial charge in [-0.25, -0.2) is 4.79 Å². The second-order valence-electron chi connectivity index (χ2n) is 9.33. The van der Waals surface area contributed by atoms with Gasteiger partial charge >= 0.3 is 6.03 Å². The molecule has 0 bridgehead atoms. The molecule has 10 nitrogen and oxygen atoms in total. The quantitative estimate of drug-likeness (QED) is 0.380. The van der Waals surface area contributed by atoms with E-state index < -0.39 is 36.0 Å². The minimum atomic E-state index is -0.869. The summed E-state index contributed by atoms with van der Waals surface area (Å²) >= 11 is 1.56. The fraction of sp³-hybridized carbons (Fsp3) is 0.440. The van der Waals surface area contributed by atoms with E-state index in [1.807, 2.05) is 38.3 Å². The van der Waals surface area contributed by atoms with Gasteiger partial charge in [0.05, 0.1) is 6.04 Å². The average molecular weight is 515 g/mol. The maximum atomic E-state index is 13.3. The molecule has 194 valence electrons. The largest absolute Gasteiger partial charge is 0.368 e. The van der Waals surface area contributed by atoms with Crippen molar-refractivity contribution < 1.29 is 19.2 Å². The molecule has 1 saturated heterocycles. The minimum absolute atomic E-state index is 0.134. The van der Waals surface area contributed by atoms with Crippen molar-refractivity contribution >= 4 is 41.2 Å². The summed E-state index contributed by atoms with van der Waals surface area (Å²) in [6, 6.07) is 8.25. The van der Waals surface area contributed by atoms with Crippen molar-refractivity contribution in [1.82, 2.24) is 20.1 Å². The van der Waals surface area contributed by atoms with Gasteiger partial charge in [-0.2, -0.15) is 0 Å². The highest BCUT2D eigenvalue weighted by Crippen LogP contribution is 2.23. The molecule has 1 aromatic carbocycles. The smallest absolute Gasteiger partial charge is 0.319 e. The van der Waals surface area contributed by atoms with Crippen molar-refractivity contribution in [3.8, 4) is 0 Å². The first-order chi connectivity index (χ1) is 17.1. The molecule has 1 aliphatic heterocycles. The number of hydrogen-bond donors (Lipinski definition) is 4. The molecule has 0 aliphatic carbocycles. The average Bonchev–Trinajstić information content (AvgIpc) is 3.44. The fourth-order valence-corrected chi connectivity index (χ4v) is 4.74. The van der Waals surface area contributed by atoms with Crippen LogP contribution in [0.15, 0.2) is 47.5 Å². The molecule has 3 rings (SSSR count). The SMILES string of the molecule is CSc1cccc(NC(=O)N[C@H]2C[C@@H](C(=O)N[C@@H](CC(C)C)C(N)=O)N(C(=O)c3cccn3C)C2)c1. The van der Waals surface area contributed by atoms with Crippen LogP contribution in [-0.4, -0.2) is 64.1 Å². The van der Waals surface area contributed by atoms with E-state index in [2.05, 4.69) is 16.0 Å². The molecule has 11 heteroatoms. The second kappa shape index (κ2) is 12.0. The van der Waals surface area contributed by atoms with Gasteiger partial charge in [0, 0.05) is 30.4 Å². The van der Waals surface area contributed by atoms with E-state index in [0.29, 0.717) is 17.8 Å². The number of nitrogens with two attached hydrogens (primary N) is 1. The van der Waals surface area contributed by atoms with Crippen molar-refractivity contribution in [1.29, 1.82) is 0 Å². The van der Waals surface area contributed by atoms with Gasteiger partial charge in [-0.1, -0.05) is 19.9 Å². The van der Waals surface area contributed by atoms with E-state index in [4.69, 9.17) is 5.73 Å². The number of nitrogens with zero attached hydrogens (tertiary/aromatic N) is 2. The van der Waals surface area contributed by atoms with Crippen LogP contribution in [0, 0.1) is 5.92 Å². The molecule has 1 fully saturated rings. The van der Waals surface area contributed by atoms with Crippen LogP contribution in [0.2, 0.25) is 0 Å². The Hall–Kier alpha value is -3.47. The number of anilines is 1. The molecule has 5 N–H and O–H groups in total. The lowest BCUT2D eigenvalue weighted by molar-refractivity contribution is -0.130. The normalized spacial score (nSPS) is 18.1. The molecule has 1 aliphatic rings. The maximum Gasteiger partial charge on any atom is 0.319 e. The number of primary amides is 1. The summed E-state index contributed by atoms with van der Waals surface area (Å²) in [7, 11) is 1.75. The van der Waals surface area contributed by atoms with Gasteiger partial charge in [0.1, 0.15) is 17.8 Å². The number of thioether (sulfide) groups is 1. The highest BCUT2D eigenvalue weighted by atomic mass is 32.2.